The fraction of sp³-hybridized carbons (Fsp3) is 0.545. The summed E-state index contributed by atoms with van der Waals surface area (Å²) in [6.45, 7) is 6.50. The van der Waals surface area contributed by atoms with Crippen molar-refractivity contribution < 1.29 is 19.7 Å². The number of thiophene rings is 1. The molecule has 0 radical (unpaired) electrons. The number of fused-ring (bicyclic) bond motifs is 1. The number of aliphatic hydroxyl groups excluding tert-OH is 2. The van der Waals surface area contributed by atoms with Gasteiger partial charge in [0, 0.05) is 47.4 Å². The van der Waals surface area contributed by atoms with Crippen molar-refractivity contribution in [3.05, 3.63) is 45.1 Å². The van der Waals surface area contributed by atoms with Crippen LogP contribution in [0.2, 0.25) is 0 Å². The summed E-state index contributed by atoms with van der Waals surface area (Å²) in [6, 6.07) is 7.72. The summed E-state index contributed by atoms with van der Waals surface area (Å²) in [4.78, 5) is 4.74. The van der Waals surface area contributed by atoms with Gasteiger partial charge in [0.15, 0.2) is 0 Å². The lowest BCUT2D eigenvalue weighted by Gasteiger charge is -2.46. The van der Waals surface area contributed by atoms with E-state index in [9.17, 15) is 10.2 Å². The molecule has 2 atom stereocenters. The fourth-order valence-electron chi connectivity index (χ4n) is 4.52. The Morgan fingerprint density at radius 1 is 1.29 bits per heavy atom. The molecule has 2 aliphatic rings. The average Bonchev–Trinajstić information content (AvgIpc) is 3.01. The van der Waals surface area contributed by atoms with E-state index < -0.39 is 12.2 Å². The summed E-state index contributed by atoms with van der Waals surface area (Å²) in [6.07, 6.45) is 1.33. The van der Waals surface area contributed by atoms with Gasteiger partial charge in [-0.3, -0.25) is 0 Å². The molecule has 28 heavy (non-hydrogen) atoms. The zero-order valence-corrected chi connectivity index (χ0v) is 17.6. The Balaban J connectivity index is 1.41. The molecular weight excluding hydrogens is 374 g/mol. The van der Waals surface area contributed by atoms with Crippen LogP contribution < -0.4 is 9.47 Å². The molecule has 5 nitrogen and oxygen atoms in total. The molecule has 3 heterocycles. The molecule has 4 rings (SSSR count). The van der Waals surface area contributed by atoms with Crippen molar-refractivity contribution >= 4 is 11.3 Å². The second-order valence-electron chi connectivity index (χ2n) is 8.09. The van der Waals surface area contributed by atoms with Crippen molar-refractivity contribution in [3.8, 4) is 11.5 Å². The number of ether oxygens (including phenoxy) is 2. The highest BCUT2D eigenvalue weighted by Crippen LogP contribution is 2.45. The molecule has 2 aliphatic heterocycles. The minimum Gasteiger partial charge on any atom is -0.497 e. The topological polar surface area (TPSA) is 62.2 Å². The standard InChI is InChI=1S/C22H29NO4S/c1-14-10-18(15(2)28-14)20(25)13-23-8-6-22(7-9-23)12-19(24)17-5-4-16(26-3)11-21(17)27-22/h4-5,10-11,19-20,24-25H,6-9,12-13H2,1-3H3. The quantitative estimate of drug-likeness (QED) is 0.814. The largest absolute Gasteiger partial charge is 0.497 e. The van der Waals surface area contributed by atoms with Crippen molar-refractivity contribution in [1.82, 2.24) is 4.90 Å². The van der Waals surface area contributed by atoms with Crippen LogP contribution in [0.5, 0.6) is 11.5 Å². The summed E-state index contributed by atoms with van der Waals surface area (Å²) in [5.41, 5.74) is 1.55. The maximum atomic E-state index is 10.7. The van der Waals surface area contributed by atoms with E-state index in [1.165, 1.54) is 9.75 Å². The van der Waals surface area contributed by atoms with Crippen molar-refractivity contribution in [2.24, 2.45) is 0 Å². The number of hydrogen-bond donors (Lipinski definition) is 2. The van der Waals surface area contributed by atoms with E-state index in [-0.39, 0.29) is 5.60 Å². The Bertz CT molecular complexity index is 841. The van der Waals surface area contributed by atoms with E-state index >= 15 is 0 Å². The maximum absolute atomic E-state index is 10.7. The van der Waals surface area contributed by atoms with Crippen LogP contribution in [0.15, 0.2) is 24.3 Å². The van der Waals surface area contributed by atoms with Gasteiger partial charge in [-0.2, -0.15) is 0 Å². The minimum absolute atomic E-state index is 0.338. The SMILES string of the molecule is COc1ccc2c(c1)OC1(CCN(CC(O)c3cc(C)sc3C)CC1)CC2O. The summed E-state index contributed by atoms with van der Waals surface area (Å²) in [7, 11) is 1.64. The molecule has 1 spiro atoms. The first-order valence-electron chi connectivity index (χ1n) is 9.91. The molecule has 1 aromatic heterocycles. The van der Waals surface area contributed by atoms with E-state index in [1.54, 1.807) is 18.4 Å². The van der Waals surface area contributed by atoms with Gasteiger partial charge in [-0.1, -0.05) is 0 Å². The van der Waals surface area contributed by atoms with Gasteiger partial charge in [-0.25, -0.2) is 0 Å². The van der Waals surface area contributed by atoms with Crippen LogP contribution in [-0.2, 0) is 0 Å². The van der Waals surface area contributed by atoms with Crippen LogP contribution in [0.1, 0.15) is 52.4 Å². The van der Waals surface area contributed by atoms with Crippen LogP contribution in [0, 0.1) is 13.8 Å². The Hall–Kier alpha value is -1.60. The van der Waals surface area contributed by atoms with E-state index in [4.69, 9.17) is 9.47 Å². The minimum atomic E-state index is -0.511. The lowest BCUT2D eigenvalue weighted by Crippen LogP contribution is -2.51. The highest BCUT2D eigenvalue weighted by molar-refractivity contribution is 7.12. The van der Waals surface area contributed by atoms with Gasteiger partial charge >= 0.3 is 0 Å². The number of aliphatic hydroxyl groups is 2. The Labute approximate surface area is 170 Å². The lowest BCUT2D eigenvalue weighted by molar-refractivity contribution is -0.0588. The van der Waals surface area contributed by atoms with Crippen molar-refractivity contribution in [1.29, 1.82) is 0 Å². The first-order valence-corrected chi connectivity index (χ1v) is 10.7. The summed E-state index contributed by atoms with van der Waals surface area (Å²) in [5, 5.41) is 21.3. The molecule has 2 unspecified atom stereocenters. The number of benzene rings is 1. The maximum Gasteiger partial charge on any atom is 0.129 e. The van der Waals surface area contributed by atoms with Crippen molar-refractivity contribution in [2.75, 3.05) is 26.7 Å². The van der Waals surface area contributed by atoms with Crippen LogP contribution in [0.25, 0.3) is 0 Å². The number of likely N-dealkylation sites (tertiary alicyclic amines) is 1. The van der Waals surface area contributed by atoms with Crippen LogP contribution in [0.3, 0.4) is 0 Å². The average molecular weight is 404 g/mol. The molecule has 152 valence electrons. The lowest BCUT2D eigenvalue weighted by atomic mass is 9.81. The third kappa shape index (κ3) is 3.79. The predicted molar refractivity (Wildman–Crippen MR) is 110 cm³/mol. The van der Waals surface area contributed by atoms with Crippen molar-refractivity contribution in [2.45, 2.75) is 50.9 Å². The van der Waals surface area contributed by atoms with Crippen LogP contribution >= 0.6 is 11.3 Å². The number of nitrogens with zero attached hydrogens (tertiary/aromatic N) is 1. The molecule has 0 aliphatic carbocycles. The molecular formula is C22H29NO4S. The van der Waals surface area contributed by atoms with Gasteiger partial charge in [0.2, 0.25) is 0 Å². The highest BCUT2D eigenvalue weighted by Gasteiger charge is 2.43. The normalized spacial score (nSPS) is 22.5. The molecule has 2 aromatic rings. The number of piperidine rings is 1. The number of methoxy groups -OCH3 is 1. The molecule has 2 N–H and O–H groups in total. The van der Waals surface area contributed by atoms with Gasteiger partial charge in [-0.15, -0.1) is 11.3 Å². The monoisotopic (exact) mass is 403 g/mol. The Morgan fingerprint density at radius 3 is 2.68 bits per heavy atom. The molecule has 1 aromatic carbocycles. The molecule has 1 saturated heterocycles. The first-order chi connectivity index (χ1) is 13.4. The van der Waals surface area contributed by atoms with Gasteiger partial charge < -0.3 is 24.6 Å². The van der Waals surface area contributed by atoms with E-state index in [2.05, 4.69) is 24.8 Å². The second kappa shape index (κ2) is 7.67. The Morgan fingerprint density at radius 2 is 2.04 bits per heavy atom. The summed E-state index contributed by atoms with van der Waals surface area (Å²) < 4.78 is 11.7. The zero-order valence-electron chi connectivity index (χ0n) is 16.8. The summed E-state index contributed by atoms with van der Waals surface area (Å²) in [5.74, 6) is 1.47. The number of β-amino-alcohol motifs (C(OH)–C–C–N with tert-alkyl or cyclic N) is 1. The molecule has 0 bridgehead atoms. The zero-order chi connectivity index (χ0) is 19.9. The van der Waals surface area contributed by atoms with Crippen molar-refractivity contribution in [3.63, 3.8) is 0 Å². The van der Waals surface area contributed by atoms with E-state index in [1.807, 2.05) is 18.2 Å². The highest BCUT2D eigenvalue weighted by atomic mass is 32.1. The third-order valence-corrected chi connectivity index (χ3v) is 7.09. The Kier molecular flexibility index (Phi) is 5.40. The molecule has 6 heteroatoms. The first kappa shape index (κ1) is 19.7. The number of rotatable bonds is 4. The van der Waals surface area contributed by atoms with E-state index in [0.717, 1.165) is 48.6 Å². The smallest absolute Gasteiger partial charge is 0.129 e. The number of hydrogen-bond acceptors (Lipinski definition) is 6. The van der Waals surface area contributed by atoms with Gasteiger partial charge in [0.1, 0.15) is 17.1 Å². The molecule has 0 amide bonds. The van der Waals surface area contributed by atoms with Crippen LogP contribution in [-0.4, -0.2) is 47.5 Å². The summed E-state index contributed by atoms with van der Waals surface area (Å²) >= 11 is 1.74. The van der Waals surface area contributed by atoms with Gasteiger partial charge in [0.05, 0.1) is 19.3 Å². The fourth-order valence-corrected chi connectivity index (χ4v) is 5.50. The van der Waals surface area contributed by atoms with Gasteiger partial charge in [0.25, 0.3) is 0 Å². The second-order valence-corrected chi connectivity index (χ2v) is 9.55. The molecule has 1 fully saturated rings. The third-order valence-electron chi connectivity index (χ3n) is 6.11. The number of aryl methyl sites for hydroxylation is 2. The molecule has 0 saturated carbocycles. The van der Waals surface area contributed by atoms with E-state index in [0.29, 0.717) is 13.0 Å². The predicted octanol–water partition coefficient (Wildman–Crippen LogP) is 3.76. The van der Waals surface area contributed by atoms with Crippen LogP contribution in [0.4, 0.5) is 0 Å². The van der Waals surface area contributed by atoms with Gasteiger partial charge in [-0.05, 0) is 50.5 Å².